The van der Waals surface area contributed by atoms with E-state index in [1.807, 2.05) is 6.66 Å². The Bertz CT molecular complexity index is 1910. The highest BCUT2D eigenvalue weighted by molar-refractivity contribution is 7.15. The quantitative estimate of drug-likeness (QED) is 0.126. The van der Waals surface area contributed by atoms with Crippen LogP contribution in [0.25, 0.3) is 21.5 Å². The minimum atomic E-state index is 1.10. The Morgan fingerprint density at radius 1 is 0.422 bits per heavy atom. The van der Waals surface area contributed by atoms with Crippen molar-refractivity contribution in [3.05, 3.63) is 169 Å². The third-order valence-electron chi connectivity index (χ3n) is 8.09. The first-order valence-electron chi connectivity index (χ1n) is 15.7. The first-order chi connectivity index (χ1) is 22.3. The summed E-state index contributed by atoms with van der Waals surface area (Å²) in [5, 5.41) is 4.92. The van der Waals surface area contributed by atoms with Gasteiger partial charge in [0.05, 0.1) is 5.69 Å². The zero-order valence-corrected chi connectivity index (χ0v) is 27.1. The molecule has 0 heterocycles. The Hall–Kier alpha value is -4.91. The van der Waals surface area contributed by atoms with E-state index in [0.717, 1.165) is 41.3 Å². The Balaban J connectivity index is 0.00000175. The minimum absolute atomic E-state index is 1.10. The summed E-state index contributed by atoms with van der Waals surface area (Å²) in [6, 6.07) is 59.0. The van der Waals surface area contributed by atoms with E-state index in [1.54, 1.807) is 0 Å². The van der Waals surface area contributed by atoms with Gasteiger partial charge >= 0.3 is 0 Å². The van der Waals surface area contributed by atoms with Gasteiger partial charge in [-0.1, -0.05) is 117 Å². The van der Waals surface area contributed by atoms with Gasteiger partial charge < -0.3 is 9.80 Å². The van der Waals surface area contributed by atoms with Crippen LogP contribution in [0.3, 0.4) is 0 Å². The van der Waals surface area contributed by atoms with Crippen molar-refractivity contribution < 1.29 is 0 Å². The summed E-state index contributed by atoms with van der Waals surface area (Å²) in [7, 11) is 2.42. The first kappa shape index (κ1) is 30.1. The van der Waals surface area contributed by atoms with Crippen molar-refractivity contribution in [1.29, 1.82) is 0 Å². The second kappa shape index (κ2) is 14.2. The van der Waals surface area contributed by atoms with Gasteiger partial charge in [0.15, 0.2) is 0 Å². The zero-order valence-electron chi connectivity index (χ0n) is 26.0. The Labute approximate surface area is 269 Å². The van der Waals surface area contributed by atoms with Crippen molar-refractivity contribution in [2.75, 3.05) is 16.5 Å². The van der Waals surface area contributed by atoms with Crippen molar-refractivity contribution in [1.82, 2.24) is 0 Å². The highest BCUT2D eigenvalue weighted by Gasteiger charge is 2.19. The summed E-state index contributed by atoms with van der Waals surface area (Å²) < 4.78 is 0. The lowest BCUT2D eigenvalue weighted by atomic mass is 9.99. The fourth-order valence-corrected chi connectivity index (χ4v) is 6.09. The van der Waals surface area contributed by atoms with Gasteiger partial charge in [0.2, 0.25) is 0 Å². The van der Waals surface area contributed by atoms with Crippen molar-refractivity contribution >= 4 is 64.9 Å². The van der Waals surface area contributed by atoms with Gasteiger partial charge in [-0.2, -0.15) is 0 Å². The number of hydrogen-bond donors (Lipinski definition) is 0. The SMILES string of the molecule is CCCc1ccc(N(c2ccccc2)c2ccc(N(c3ccccc3)c3c4ccccc4cc4ccccc34)cc2)cc1.CP. The molecule has 0 aromatic heterocycles. The van der Waals surface area contributed by atoms with E-state index >= 15 is 0 Å². The van der Waals surface area contributed by atoms with Gasteiger partial charge in [0.25, 0.3) is 0 Å². The monoisotopic (exact) mass is 602 g/mol. The van der Waals surface area contributed by atoms with Crippen LogP contribution in [0.2, 0.25) is 0 Å². The van der Waals surface area contributed by atoms with Crippen LogP contribution in [0, 0.1) is 0 Å². The highest BCUT2D eigenvalue weighted by Crippen LogP contribution is 2.44. The number of anilines is 6. The van der Waals surface area contributed by atoms with Crippen molar-refractivity contribution in [2.24, 2.45) is 0 Å². The molecule has 7 aromatic rings. The van der Waals surface area contributed by atoms with Crippen molar-refractivity contribution in [2.45, 2.75) is 19.8 Å². The van der Waals surface area contributed by atoms with Gasteiger partial charge in [-0.05, 0) is 89.5 Å². The largest absolute Gasteiger partial charge is 0.311 e. The normalized spacial score (nSPS) is 10.7. The predicted octanol–water partition coefficient (Wildman–Crippen LogP) is 12.4. The molecule has 0 saturated heterocycles. The molecule has 2 nitrogen and oxygen atoms in total. The molecule has 7 aromatic carbocycles. The first-order valence-corrected chi connectivity index (χ1v) is 16.8. The lowest BCUT2D eigenvalue weighted by Crippen LogP contribution is -2.13. The number of para-hydroxylation sites is 2. The molecule has 0 radical (unpaired) electrons. The number of benzene rings is 7. The third-order valence-corrected chi connectivity index (χ3v) is 8.09. The lowest BCUT2D eigenvalue weighted by Gasteiger charge is -2.30. The van der Waals surface area contributed by atoms with Crippen LogP contribution in [0.1, 0.15) is 18.9 Å². The minimum Gasteiger partial charge on any atom is -0.311 e. The van der Waals surface area contributed by atoms with E-state index in [4.69, 9.17) is 0 Å². The summed E-state index contributed by atoms with van der Waals surface area (Å²) in [6.07, 6.45) is 2.24. The Morgan fingerprint density at radius 3 is 1.29 bits per heavy atom. The van der Waals surface area contributed by atoms with Crippen LogP contribution < -0.4 is 9.80 Å². The number of hydrogen-bond acceptors (Lipinski definition) is 2. The van der Waals surface area contributed by atoms with E-state index in [2.05, 4.69) is 190 Å². The molecule has 0 fully saturated rings. The summed E-state index contributed by atoms with van der Waals surface area (Å²) in [5.74, 6) is 0. The Kier molecular flexibility index (Phi) is 9.54. The van der Waals surface area contributed by atoms with Gasteiger partial charge in [-0.25, -0.2) is 0 Å². The molecule has 7 rings (SSSR count). The maximum Gasteiger partial charge on any atom is 0.0618 e. The molecule has 45 heavy (non-hydrogen) atoms. The number of aryl methyl sites for hydroxylation is 1. The van der Waals surface area contributed by atoms with Crippen LogP contribution in [-0.2, 0) is 6.42 Å². The van der Waals surface area contributed by atoms with Gasteiger partial charge in [0.1, 0.15) is 0 Å². The predicted molar refractivity (Wildman–Crippen MR) is 200 cm³/mol. The topological polar surface area (TPSA) is 6.48 Å². The van der Waals surface area contributed by atoms with Crippen LogP contribution >= 0.6 is 9.24 Å². The fourth-order valence-electron chi connectivity index (χ4n) is 6.09. The molecule has 0 amide bonds. The average molecular weight is 603 g/mol. The van der Waals surface area contributed by atoms with Gasteiger partial charge in [0, 0.05) is 39.2 Å². The molecule has 1 atom stereocenters. The van der Waals surface area contributed by atoms with E-state index in [0.29, 0.717) is 0 Å². The lowest BCUT2D eigenvalue weighted by molar-refractivity contribution is 0.922. The van der Waals surface area contributed by atoms with Crippen LogP contribution in [0.5, 0.6) is 0 Å². The molecule has 0 bridgehead atoms. The molecule has 0 aliphatic carbocycles. The second-order valence-electron chi connectivity index (χ2n) is 10.9. The number of rotatable bonds is 8. The van der Waals surface area contributed by atoms with Crippen LogP contribution in [0.4, 0.5) is 34.1 Å². The third kappa shape index (κ3) is 6.34. The van der Waals surface area contributed by atoms with Crippen LogP contribution in [0.15, 0.2) is 164 Å². The van der Waals surface area contributed by atoms with Crippen molar-refractivity contribution in [3.63, 3.8) is 0 Å². The molecule has 0 spiro atoms. The molecule has 0 saturated carbocycles. The summed E-state index contributed by atoms with van der Waals surface area (Å²) in [6.45, 7) is 4.14. The van der Waals surface area contributed by atoms with E-state index in [1.165, 1.54) is 32.8 Å². The molecule has 222 valence electrons. The van der Waals surface area contributed by atoms with Gasteiger partial charge in [-0.3, -0.25) is 0 Å². The highest BCUT2D eigenvalue weighted by atomic mass is 31.0. The standard InChI is InChI=1S/C41H34N2.CH5P/c1-2-13-31-22-24-36(25-23-31)42(34-16-5-3-6-17-34)37-26-28-38(29-27-37)43(35-18-7-4-8-19-35)41-39-20-11-9-14-32(39)30-33-15-10-12-21-40(33)41;1-2/h3-12,14-30H,2,13H2,1H3;2H2,1H3. The van der Waals surface area contributed by atoms with E-state index < -0.39 is 0 Å². The smallest absolute Gasteiger partial charge is 0.0618 e. The van der Waals surface area contributed by atoms with E-state index in [9.17, 15) is 0 Å². The molecule has 0 aliphatic rings. The van der Waals surface area contributed by atoms with E-state index in [-0.39, 0.29) is 0 Å². The van der Waals surface area contributed by atoms with Crippen molar-refractivity contribution in [3.8, 4) is 0 Å². The molecule has 1 unspecified atom stereocenters. The number of nitrogens with zero attached hydrogens (tertiary/aromatic N) is 2. The summed E-state index contributed by atoms with van der Waals surface area (Å²) >= 11 is 0. The fraction of sp³-hybridized carbons (Fsp3) is 0.0952. The molecular weight excluding hydrogens is 563 g/mol. The maximum absolute atomic E-state index is 2.42. The zero-order chi connectivity index (χ0) is 31.0. The Morgan fingerprint density at radius 2 is 0.800 bits per heavy atom. The summed E-state index contributed by atoms with van der Waals surface area (Å²) in [5.41, 5.74) is 8.21. The molecule has 3 heteroatoms. The summed E-state index contributed by atoms with van der Waals surface area (Å²) in [4.78, 5) is 4.74. The van der Waals surface area contributed by atoms with Gasteiger partial charge in [-0.15, -0.1) is 9.24 Å². The average Bonchev–Trinajstić information content (AvgIpc) is 3.11. The number of fused-ring (bicyclic) bond motifs is 2. The molecule has 0 N–H and O–H groups in total. The molecule has 0 aliphatic heterocycles. The maximum atomic E-state index is 2.42. The second-order valence-corrected chi connectivity index (χ2v) is 10.9. The van der Waals surface area contributed by atoms with Crippen LogP contribution in [-0.4, -0.2) is 6.66 Å². The molecular formula is C42H39N2P.